The number of ether oxygens (including phenoxy) is 1. The van der Waals surface area contributed by atoms with Crippen molar-refractivity contribution >= 4 is 5.69 Å². The van der Waals surface area contributed by atoms with Gasteiger partial charge in [0.15, 0.2) is 0 Å². The Balaban J connectivity index is 2.35. The summed E-state index contributed by atoms with van der Waals surface area (Å²) in [7, 11) is 1.63. The Labute approximate surface area is 102 Å². The van der Waals surface area contributed by atoms with Crippen LogP contribution in [0.1, 0.15) is 12.5 Å². The van der Waals surface area contributed by atoms with Gasteiger partial charge < -0.3 is 10.5 Å². The molecule has 2 nitrogen and oxygen atoms in total. The highest BCUT2D eigenvalue weighted by molar-refractivity contribution is 5.70. The topological polar surface area (TPSA) is 35.2 Å². The maximum absolute atomic E-state index is 5.90. The van der Waals surface area contributed by atoms with Crippen molar-refractivity contribution in [1.29, 1.82) is 0 Å². The number of hydrogen-bond donors (Lipinski definition) is 1. The third kappa shape index (κ3) is 2.41. The lowest BCUT2D eigenvalue weighted by atomic mass is 10.0. The predicted octanol–water partition coefficient (Wildman–Crippen LogP) is 3.51. The molecule has 0 radical (unpaired) electrons. The Kier molecular flexibility index (Phi) is 3.33. The van der Waals surface area contributed by atoms with Gasteiger partial charge in [0.25, 0.3) is 0 Å². The summed E-state index contributed by atoms with van der Waals surface area (Å²) in [4.78, 5) is 0. The summed E-state index contributed by atoms with van der Waals surface area (Å²) in [6.07, 6.45) is 1.06. The van der Waals surface area contributed by atoms with Crippen molar-refractivity contribution in [3.05, 3.63) is 48.0 Å². The van der Waals surface area contributed by atoms with Crippen LogP contribution in [0.15, 0.2) is 42.5 Å². The number of aryl methyl sites for hydroxylation is 1. The highest BCUT2D eigenvalue weighted by atomic mass is 16.5. The van der Waals surface area contributed by atoms with Crippen LogP contribution in [-0.2, 0) is 6.42 Å². The van der Waals surface area contributed by atoms with Gasteiger partial charge >= 0.3 is 0 Å². The SMILES string of the molecule is CCc1ccc(-c2ccc(OC)c(N)c2)cc1. The Morgan fingerprint density at radius 1 is 1.00 bits per heavy atom. The van der Waals surface area contributed by atoms with Gasteiger partial charge in [-0.25, -0.2) is 0 Å². The van der Waals surface area contributed by atoms with Crippen molar-refractivity contribution in [2.45, 2.75) is 13.3 Å². The molecule has 0 saturated heterocycles. The normalized spacial score (nSPS) is 10.2. The van der Waals surface area contributed by atoms with Crippen LogP contribution in [0.25, 0.3) is 11.1 Å². The van der Waals surface area contributed by atoms with E-state index in [4.69, 9.17) is 10.5 Å². The third-order valence-electron chi connectivity index (χ3n) is 2.93. The summed E-state index contributed by atoms with van der Waals surface area (Å²) >= 11 is 0. The number of benzene rings is 2. The quantitative estimate of drug-likeness (QED) is 0.814. The predicted molar refractivity (Wildman–Crippen MR) is 72.2 cm³/mol. The molecule has 0 spiro atoms. The lowest BCUT2D eigenvalue weighted by Gasteiger charge is -2.08. The fourth-order valence-electron chi connectivity index (χ4n) is 1.85. The second-order valence-electron chi connectivity index (χ2n) is 4.01. The minimum atomic E-state index is 0.671. The highest BCUT2D eigenvalue weighted by Gasteiger charge is 2.02. The lowest BCUT2D eigenvalue weighted by Crippen LogP contribution is -1.92. The molecule has 2 aromatic carbocycles. The first-order valence-corrected chi connectivity index (χ1v) is 5.77. The zero-order chi connectivity index (χ0) is 12.3. The molecule has 0 amide bonds. The molecule has 88 valence electrons. The second kappa shape index (κ2) is 4.91. The van der Waals surface area contributed by atoms with Gasteiger partial charge in [-0.05, 0) is 35.2 Å². The van der Waals surface area contributed by atoms with Crippen molar-refractivity contribution in [1.82, 2.24) is 0 Å². The van der Waals surface area contributed by atoms with Crippen LogP contribution in [0.3, 0.4) is 0 Å². The van der Waals surface area contributed by atoms with Crippen LogP contribution in [0.4, 0.5) is 5.69 Å². The number of hydrogen-bond acceptors (Lipinski definition) is 2. The molecule has 0 heterocycles. The molecular weight excluding hydrogens is 210 g/mol. The molecule has 0 aliphatic heterocycles. The first kappa shape index (κ1) is 11.5. The minimum Gasteiger partial charge on any atom is -0.495 e. The highest BCUT2D eigenvalue weighted by Crippen LogP contribution is 2.28. The van der Waals surface area contributed by atoms with Crippen LogP contribution in [0.5, 0.6) is 5.75 Å². The monoisotopic (exact) mass is 227 g/mol. The molecule has 0 saturated carbocycles. The molecular formula is C15H17NO. The number of anilines is 1. The Bertz CT molecular complexity index is 503. The first-order valence-electron chi connectivity index (χ1n) is 5.77. The van der Waals surface area contributed by atoms with E-state index in [0.29, 0.717) is 5.69 Å². The van der Waals surface area contributed by atoms with Crippen molar-refractivity contribution in [2.75, 3.05) is 12.8 Å². The second-order valence-corrected chi connectivity index (χ2v) is 4.01. The molecule has 2 heteroatoms. The largest absolute Gasteiger partial charge is 0.495 e. The third-order valence-corrected chi connectivity index (χ3v) is 2.93. The lowest BCUT2D eigenvalue weighted by molar-refractivity contribution is 0.417. The fraction of sp³-hybridized carbons (Fsp3) is 0.200. The molecule has 17 heavy (non-hydrogen) atoms. The van der Waals surface area contributed by atoms with Crippen LogP contribution in [0.2, 0.25) is 0 Å². The molecule has 2 rings (SSSR count). The Hall–Kier alpha value is -1.96. The van der Waals surface area contributed by atoms with Crippen molar-refractivity contribution in [3.63, 3.8) is 0 Å². The minimum absolute atomic E-state index is 0.671. The van der Waals surface area contributed by atoms with Gasteiger partial charge in [-0.1, -0.05) is 37.3 Å². The van der Waals surface area contributed by atoms with E-state index in [0.717, 1.165) is 17.7 Å². The standard InChI is InChI=1S/C15H17NO/c1-3-11-4-6-12(7-5-11)13-8-9-15(17-2)14(16)10-13/h4-10H,3,16H2,1-2H3. The summed E-state index contributed by atoms with van der Waals surface area (Å²) in [5.41, 5.74) is 10.2. The van der Waals surface area contributed by atoms with E-state index in [2.05, 4.69) is 31.2 Å². The van der Waals surface area contributed by atoms with Crippen LogP contribution in [0, 0.1) is 0 Å². The van der Waals surface area contributed by atoms with E-state index in [1.807, 2.05) is 18.2 Å². The van der Waals surface area contributed by atoms with Gasteiger partial charge in [-0.2, -0.15) is 0 Å². The summed E-state index contributed by atoms with van der Waals surface area (Å²) in [5, 5.41) is 0. The van der Waals surface area contributed by atoms with Gasteiger partial charge in [-0.15, -0.1) is 0 Å². The zero-order valence-corrected chi connectivity index (χ0v) is 10.2. The van der Waals surface area contributed by atoms with Gasteiger partial charge in [-0.3, -0.25) is 0 Å². The van der Waals surface area contributed by atoms with Crippen molar-refractivity contribution < 1.29 is 4.74 Å². The van der Waals surface area contributed by atoms with Gasteiger partial charge in [0.05, 0.1) is 12.8 Å². The van der Waals surface area contributed by atoms with E-state index < -0.39 is 0 Å². The average molecular weight is 227 g/mol. The molecule has 2 N–H and O–H groups in total. The summed E-state index contributed by atoms with van der Waals surface area (Å²) in [6.45, 7) is 2.15. The number of methoxy groups -OCH3 is 1. The molecule has 0 fully saturated rings. The summed E-state index contributed by atoms with van der Waals surface area (Å²) in [5.74, 6) is 0.721. The molecule has 2 aromatic rings. The maximum Gasteiger partial charge on any atom is 0.141 e. The molecule has 0 aliphatic carbocycles. The molecule has 0 aliphatic rings. The summed E-state index contributed by atoms with van der Waals surface area (Å²) < 4.78 is 5.15. The molecule has 0 bridgehead atoms. The van der Waals surface area contributed by atoms with E-state index in [9.17, 15) is 0 Å². The zero-order valence-electron chi connectivity index (χ0n) is 10.2. The fourth-order valence-corrected chi connectivity index (χ4v) is 1.85. The Morgan fingerprint density at radius 2 is 1.65 bits per heavy atom. The van der Waals surface area contributed by atoms with Crippen LogP contribution >= 0.6 is 0 Å². The summed E-state index contributed by atoms with van der Waals surface area (Å²) in [6, 6.07) is 14.4. The van der Waals surface area contributed by atoms with E-state index in [1.54, 1.807) is 7.11 Å². The maximum atomic E-state index is 5.90. The molecule has 0 atom stereocenters. The number of nitrogen functional groups attached to an aromatic ring is 1. The van der Waals surface area contributed by atoms with E-state index in [1.165, 1.54) is 11.1 Å². The van der Waals surface area contributed by atoms with Gasteiger partial charge in [0.2, 0.25) is 0 Å². The first-order chi connectivity index (χ1) is 8.24. The number of nitrogens with two attached hydrogens (primary N) is 1. The molecule has 0 unspecified atom stereocenters. The Morgan fingerprint density at radius 3 is 2.18 bits per heavy atom. The van der Waals surface area contributed by atoms with Crippen LogP contribution < -0.4 is 10.5 Å². The van der Waals surface area contributed by atoms with E-state index in [-0.39, 0.29) is 0 Å². The van der Waals surface area contributed by atoms with Crippen LogP contribution in [-0.4, -0.2) is 7.11 Å². The molecule has 0 aromatic heterocycles. The smallest absolute Gasteiger partial charge is 0.141 e. The average Bonchev–Trinajstić information content (AvgIpc) is 2.39. The van der Waals surface area contributed by atoms with Gasteiger partial charge in [0.1, 0.15) is 5.75 Å². The van der Waals surface area contributed by atoms with Crippen molar-refractivity contribution in [3.8, 4) is 16.9 Å². The number of rotatable bonds is 3. The van der Waals surface area contributed by atoms with Gasteiger partial charge in [0, 0.05) is 0 Å². The van der Waals surface area contributed by atoms with Crippen molar-refractivity contribution in [2.24, 2.45) is 0 Å². The van der Waals surface area contributed by atoms with E-state index >= 15 is 0 Å².